The molecule has 1 aromatic heterocycles. The smallest absolute Gasteiger partial charge is 0.249 e. The van der Waals surface area contributed by atoms with Crippen molar-refractivity contribution in [2.45, 2.75) is 31.5 Å². The topological polar surface area (TPSA) is 30.7 Å². The average molecular weight is 285 g/mol. The van der Waals surface area contributed by atoms with Crippen LogP contribution in [0.5, 0.6) is 0 Å². The lowest BCUT2D eigenvalue weighted by atomic mass is 9.89. The second-order valence-electron chi connectivity index (χ2n) is 4.77. The third kappa shape index (κ3) is 2.17. The van der Waals surface area contributed by atoms with Gasteiger partial charge in [-0.05, 0) is 36.6 Å². The summed E-state index contributed by atoms with van der Waals surface area (Å²) in [6.45, 7) is 0.659. The lowest BCUT2D eigenvalue weighted by molar-refractivity contribution is -0.137. The molecule has 0 spiro atoms. The molecule has 0 radical (unpaired) electrons. The van der Waals surface area contributed by atoms with Crippen LogP contribution in [0, 0.1) is 5.82 Å². The summed E-state index contributed by atoms with van der Waals surface area (Å²) in [5.41, 5.74) is -0.806. The number of benzene rings is 1. The first-order chi connectivity index (χ1) is 9.47. The molecule has 0 fully saturated rings. The molecule has 0 saturated heterocycles. The van der Waals surface area contributed by atoms with Crippen LogP contribution in [0.4, 0.5) is 17.6 Å². The molecular formula is C13H11F4N3. The molecule has 3 rings (SSSR count). The molecule has 3 nitrogen and oxygen atoms in total. The van der Waals surface area contributed by atoms with Gasteiger partial charge in [0.1, 0.15) is 18.0 Å². The van der Waals surface area contributed by atoms with Crippen LogP contribution in [0.3, 0.4) is 0 Å². The van der Waals surface area contributed by atoms with E-state index in [1.165, 1.54) is 6.33 Å². The van der Waals surface area contributed by atoms with E-state index in [1.807, 2.05) is 0 Å². The summed E-state index contributed by atoms with van der Waals surface area (Å²) in [4.78, 5) is 4.05. The molecular weight excluding hydrogens is 274 g/mol. The number of nitrogens with zero attached hydrogens (tertiary/aromatic N) is 3. The number of aryl methyl sites for hydroxylation is 1. The minimum absolute atomic E-state index is 0.0359. The van der Waals surface area contributed by atoms with Gasteiger partial charge in [-0.3, -0.25) is 0 Å². The number of fused-ring (bicyclic) bond motifs is 1. The molecule has 0 saturated carbocycles. The van der Waals surface area contributed by atoms with Gasteiger partial charge in [0.25, 0.3) is 0 Å². The highest BCUT2D eigenvalue weighted by Gasteiger charge is 2.33. The summed E-state index contributed by atoms with van der Waals surface area (Å²) in [6, 6.07) is 2.50. The molecule has 0 aliphatic carbocycles. The van der Waals surface area contributed by atoms with Crippen LogP contribution in [0.25, 0.3) is 0 Å². The SMILES string of the molecule is Fc1ccc(C(F)(F)F)cc1C1CCCn2ncnc21. The number of alkyl halides is 3. The van der Waals surface area contributed by atoms with Gasteiger partial charge in [-0.2, -0.15) is 18.3 Å². The number of hydrogen-bond acceptors (Lipinski definition) is 2. The number of halogens is 4. The minimum atomic E-state index is -4.48. The molecule has 7 heteroatoms. The van der Waals surface area contributed by atoms with Crippen LogP contribution < -0.4 is 0 Å². The molecule has 106 valence electrons. The quantitative estimate of drug-likeness (QED) is 0.752. The van der Waals surface area contributed by atoms with Gasteiger partial charge in [0.05, 0.1) is 5.56 Å². The van der Waals surface area contributed by atoms with Crippen molar-refractivity contribution < 1.29 is 17.6 Å². The first-order valence-electron chi connectivity index (χ1n) is 6.21. The van der Waals surface area contributed by atoms with Crippen LogP contribution >= 0.6 is 0 Å². The zero-order valence-electron chi connectivity index (χ0n) is 10.4. The molecule has 1 atom stereocenters. The highest BCUT2D eigenvalue weighted by atomic mass is 19.4. The predicted molar refractivity (Wildman–Crippen MR) is 62.5 cm³/mol. The Hall–Kier alpha value is -1.92. The largest absolute Gasteiger partial charge is 0.416 e. The highest BCUT2D eigenvalue weighted by molar-refractivity contribution is 5.33. The second-order valence-corrected chi connectivity index (χ2v) is 4.77. The molecule has 1 aromatic carbocycles. The van der Waals surface area contributed by atoms with Gasteiger partial charge >= 0.3 is 6.18 Å². The van der Waals surface area contributed by atoms with Crippen LogP contribution in [0.2, 0.25) is 0 Å². The monoisotopic (exact) mass is 285 g/mol. The Balaban J connectivity index is 2.08. The van der Waals surface area contributed by atoms with E-state index in [0.29, 0.717) is 18.8 Å². The van der Waals surface area contributed by atoms with Crippen LogP contribution in [-0.4, -0.2) is 14.8 Å². The summed E-state index contributed by atoms with van der Waals surface area (Å²) in [5.74, 6) is -0.595. The third-order valence-corrected chi connectivity index (χ3v) is 3.52. The van der Waals surface area contributed by atoms with Crippen molar-refractivity contribution in [1.29, 1.82) is 0 Å². The van der Waals surface area contributed by atoms with Crippen LogP contribution in [-0.2, 0) is 12.7 Å². The van der Waals surface area contributed by atoms with E-state index in [0.717, 1.165) is 24.6 Å². The normalized spacial score (nSPS) is 18.9. The summed E-state index contributed by atoms with van der Waals surface area (Å²) in [5, 5.41) is 3.99. The maximum absolute atomic E-state index is 13.9. The van der Waals surface area contributed by atoms with E-state index in [1.54, 1.807) is 4.68 Å². The number of rotatable bonds is 1. The Kier molecular flexibility index (Phi) is 2.99. The number of aromatic nitrogens is 3. The maximum Gasteiger partial charge on any atom is 0.416 e. The van der Waals surface area contributed by atoms with Crippen molar-refractivity contribution in [3.05, 3.63) is 47.3 Å². The van der Waals surface area contributed by atoms with Gasteiger partial charge in [-0.15, -0.1) is 0 Å². The van der Waals surface area contributed by atoms with Crippen molar-refractivity contribution in [2.24, 2.45) is 0 Å². The van der Waals surface area contributed by atoms with Gasteiger partial charge in [0.2, 0.25) is 0 Å². The first-order valence-corrected chi connectivity index (χ1v) is 6.21. The van der Waals surface area contributed by atoms with Crippen molar-refractivity contribution >= 4 is 0 Å². The summed E-state index contributed by atoms with van der Waals surface area (Å²) in [6.07, 6.45) is -1.84. The molecule has 1 aliphatic rings. The fraction of sp³-hybridized carbons (Fsp3) is 0.385. The second kappa shape index (κ2) is 4.57. The standard InChI is InChI=1S/C13H11F4N3/c14-11-4-3-8(13(15,16)17)6-10(11)9-2-1-5-20-12(9)18-7-19-20/h3-4,6-7,9H,1-2,5H2. The Morgan fingerprint density at radius 1 is 1.25 bits per heavy atom. The van der Waals surface area contributed by atoms with E-state index in [-0.39, 0.29) is 5.56 Å². The van der Waals surface area contributed by atoms with Crippen molar-refractivity contribution in [3.8, 4) is 0 Å². The van der Waals surface area contributed by atoms with Gasteiger partial charge in [0, 0.05) is 12.5 Å². The Morgan fingerprint density at radius 2 is 2.05 bits per heavy atom. The summed E-state index contributed by atoms with van der Waals surface area (Å²) in [7, 11) is 0. The van der Waals surface area contributed by atoms with Crippen LogP contribution in [0.15, 0.2) is 24.5 Å². The van der Waals surface area contributed by atoms with Gasteiger partial charge in [-0.1, -0.05) is 0 Å². The number of hydrogen-bond donors (Lipinski definition) is 0. The van der Waals surface area contributed by atoms with Crippen molar-refractivity contribution in [1.82, 2.24) is 14.8 Å². The third-order valence-electron chi connectivity index (χ3n) is 3.52. The van der Waals surface area contributed by atoms with Crippen molar-refractivity contribution in [2.75, 3.05) is 0 Å². The average Bonchev–Trinajstić information content (AvgIpc) is 2.86. The van der Waals surface area contributed by atoms with Gasteiger partial charge < -0.3 is 0 Å². The Labute approximate surface area is 112 Å². The van der Waals surface area contributed by atoms with E-state index in [4.69, 9.17) is 0 Å². The van der Waals surface area contributed by atoms with E-state index >= 15 is 0 Å². The highest BCUT2D eigenvalue weighted by Crippen LogP contribution is 2.37. The van der Waals surface area contributed by atoms with E-state index in [2.05, 4.69) is 10.1 Å². The summed E-state index contributed by atoms with van der Waals surface area (Å²) < 4.78 is 53.8. The Morgan fingerprint density at radius 3 is 2.80 bits per heavy atom. The molecule has 2 aromatic rings. The molecule has 20 heavy (non-hydrogen) atoms. The minimum Gasteiger partial charge on any atom is -0.249 e. The molecule has 1 aliphatic heterocycles. The molecule has 0 N–H and O–H groups in total. The maximum atomic E-state index is 13.9. The molecule has 0 amide bonds. The van der Waals surface area contributed by atoms with Crippen LogP contribution in [0.1, 0.15) is 35.7 Å². The lowest BCUT2D eigenvalue weighted by Crippen LogP contribution is -2.19. The van der Waals surface area contributed by atoms with E-state index < -0.39 is 23.5 Å². The lowest BCUT2D eigenvalue weighted by Gasteiger charge is -2.23. The zero-order chi connectivity index (χ0) is 14.3. The molecule has 0 bridgehead atoms. The first kappa shape index (κ1) is 13.1. The fourth-order valence-corrected chi connectivity index (χ4v) is 2.57. The van der Waals surface area contributed by atoms with Gasteiger partial charge in [0.15, 0.2) is 0 Å². The predicted octanol–water partition coefficient (Wildman–Crippen LogP) is 3.36. The summed E-state index contributed by atoms with van der Waals surface area (Å²) >= 11 is 0. The van der Waals surface area contributed by atoms with E-state index in [9.17, 15) is 17.6 Å². The van der Waals surface area contributed by atoms with Gasteiger partial charge in [-0.25, -0.2) is 14.1 Å². The zero-order valence-corrected chi connectivity index (χ0v) is 10.4. The molecule has 1 unspecified atom stereocenters. The molecule has 2 heterocycles. The fourth-order valence-electron chi connectivity index (χ4n) is 2.57. The Bertz CT molecular complexity index is 633. The van der Waals surface area contributed by atoms with Crippen molar-refractivity contribution in [3.63, 3.8) is 0 Å².